The van der Waals surface area contributed by atoms with Gasteiger partial charge in [0.2, 0.25) is 5.91 Å². The molecule has 0 spiro atoms. The summed E-state index contributed by atoms with van der Waals surface area (Å²) in [5, 5.41) is 2.81. The number of carbonyl (C=O) groups is 3. The van der Waals surface area contributed by atoms with Gasteiger partial charge in [0.1, 0.15) is 6.10 Å². The van der Waals surface area contributed by atoms with Gasteiger partial charge in [-0.1, -0.05) is 0 Å². The number of primary amides is 1. The Morgan fingerprint density at radius 1 is 1.14 bits per heavy atom. The van der Waals surface area contributed by atoms with E-state index in [1.807, 2.05) is 0 Å². The molecule has 4 bridgehead atoms. The Hall–Kier alpha value is -1.99. The van der Waals surface area contributed by atoms with Crippen LogP contribution in [0.3, 0.4) is 0 Å². The van der Waals surface area contributed by atoms with E-state index in [9.17, 15) is 14.4 Å². The van der Waals surface area contributed by atoms with Crippen molar-refractivity contribution in [2.24, 2.45) is 28.9 Å². The molecule has 1 saturated heterocycles. The summed E-state index contributed by atoms with van der Waals surface area (Å²) in [5.41, 5.74) is 5.35. The number of alkyl carbamates (subject to hydrolysis) is 1. The fourth-order valence-electron chi connectivity index (χ4n) is 6.12. The van der Waals surface area contributed by atoms with Gasteiger partial charge in [-0.15, -0.1) is 0 Å². The van der Waals surface area contributed by atoms with E-state index in [0.717, 1.165) is 32.1 Å². The van der Waals surface area contributed by atoms with Crippen LogP contribution in [0.4, 0.5) is 9.59 Å². The molecular weight excluding hydrogens is 362 g/mol. The lowest BCUT2D eigenvalue weighted by Gasteiger charge is -2.58. The van der Waals surface area contributed by atoms with Gasteiger partial charge in [-0.25, -0.2) is 9.59 Å². The van der Waals surface area contributed by atoms with Crippen LogP contribution in [-0.2, 0) is 14.3 Å². The smallest absolute Gasteiger partial charge is 0.410 e. The molecule has 0 aromatic carbocycles. The summed E-state index contributed by atoms with van der Waals surface area (Å²) >= 11 is 0. The van der Waals surface area contributed by atoms with Gasteiger partial charge in [-0.2, -0.15) is 0 Å². The Balaban J connectivity index is 1.32. The molecule has 3 N–H and O–H groups in total. The molecule has 0 radical (unpaired) electrons. The predicted octanol–water partition coefficient (Wildman–Crippen LogP) is 2.01. The van der Waals surface area contributed by atoms with E-state index in [-0.39, 0.29) is 47.5 Å². The average Bonchev–Trinajstić information content (AvgIpc) is 3.05. The van der Waals surface area contributed by atoms with Crippen LogP contribution in [0.2, 0.25) is 0 Å². The fraction of sp³-hybridized carbons (Fsp3) is 0.850. The van der Waals surface area contributed by atoms with Crippen LogP contribution in [0, 0.1) is 23.2 Å². The molecule has 5 rings (SSSR count). The largest absolute Gasteiger partial charge is 0.447 e. The highest BCUT2D eigenvalue weighted by Crippen LogP contribution is 2.60. The Morgan fingerprint density at radius 3 is 2.43 bits per heavy atom. The average molecular weight is 393 g/mol. The monoisotopic (exact) mass is 393 g/mol. The summed E-state index contributed by atoms with van der Waals surface area (Å²) in [6.07, 6.45) is 4.08. The molecule has 4 aliphatic carbocycles. The van der Waals surface area contributed by atoms with E-state index >= 15 is 0 Å². The van der Waals surface area contributed by atoms with Crippen LogP contribution < -0.4 is 11.1 Å². The number of rotatable bonds is 4. The second kappa shape index (κ2) is 7.12. The molecule has 8 heteroatoms. The summed E-state index contributed by atoms with van der Waals surface area (Å²) in [4.78, 5) is 38.2. The number of nitrogens with one attached hydrogen (secondary N) is 1. The molecule has 1 heterocycles. The first-order valence-corrected chi connectivity index (χ1v) is 10.5. The highest BCUT2D eigenvalue weighted by atomic mass is 16.6. The van der Waals surface area contributed by atoms with Crippen molar-refractivity contribution in [1.29, 1.82) is 0 Å². The van der Waals surface area contributed by atoms with Crippen molar-refractivity contribution in [2.75, 3.05) is 13.1 Å². The quantitative estimate of drug-likeness (QED) is 0.759. The summed E-state index contributed by atoms with van der Waals surface area (Å²) in [6, 6.07) is -0.115. The number of carbonyl (C=O) groups excluding carboxylic acids is 3. The molecule has 0 aromatic heterocycles. The Bertz CT molecular complexity index is 650. The number of hydrogen-bond donors (Lipinski definition) is 2. The lowest BCUT2D eigenvalue weighted by atomic mass is 9.48. The molecule has 156 valence electrons. The summed E-state index contributed by atoms with van der Waals surface area (Å²) in [6.45, 7) is 4.58. The lowest BCUT2D eigenvalue weighted by molar-refractivity contribution is -0.161. The maximum absolute atomic E-state index is 12.7. The van der Waals surface area contributed by atoms with Crippen LogP contribution in [0.15, 0.2) is 0 Å². The van der Waals surface area contributed by atoms with Crippen molar-refractivity contribution in [3.63, 3.8) is 0 Å². The van der Waals surface area contributed by atoms with Crippen LogP contribution in [0.1, 0.15) is 52.4 Å². The van der Waals surface area contributed by atoms with Crippen LogP contribution in [0.5, 0.6) is 0 Å². The van der Waals surface area contributed by atoms with E-state index in [1.165, 1.54) is 0 Å². The van der Waals surface area contributed by atoms with Crippen LogP contribution >= 0.6 is 0 Å². The van der Waals surface area contributed by atoms with E-state index < -0.39 is 6.09 Å². The zero-order valence-electron chi connectivity index (χ0n) is 16.7. The number of nitrogens with two attached hydrogens (primary N) is 1. The molecule has 3 atom stereocenters. The van der Waals surface area contributed by atoms with Gasteiger partial charge in [0.25, 0.3) is 0 Å². The first-order chi connectivity index (χ1) is 13.3. The van der Waals surface area contributed by atoms with Gasteiger partial charge in [-0.3, -0.25) is 4.79 Å². The third-order valence-corrected chi connectivity index (χ3v) is 7.06. The SMILES string of the molecule is CC(C)OC(=O)NC1CCN(C(=O)OC2C3CC4CC2CC(C(N)=O)(C4)C3)C1. The van der Waals surface area contributed by atoms with Crippen LogP contribution in [0.25, 0.3) is 0 Å². The maximum atomic E-state index is 12.7. The summed E-state index contributed by atoms with van der Waals surface area (Å²) in [7, 11) is 0. The van der Waals surface area contributed by atoms with Gasteiger partial charge < -0.3 is 25.4 Å². The van der Waals surface area contributed by atoms with Gasteiger partial charge in [0.15, 0.2) is 0 Å². The van der Waals surface area contributed by atoms with Crippen molar-refractivity contribution >= 4 is 18.1 Å². The zero-order valence-corrected chi connectivity index (χ0v) is 16.7. The molecule has 3 unspecified atom stereocenters. The molecule has 28 heavy (non-hydrogen) atoms. The second-order valence-electron chi connectivity index (χ2n) is 9.49. The first kappa shape index (κ1) is 19.3. The third-order valence-electron chi connectivity index (χ3n) is 7.06. The van der Waals surface area contributed by atoms with E-state index in [0.29, 0.717) is 25.4 Å². The van der Waals surface area contributed by atoms with E-state index in [4.69, 9.17) is 15.2 Å². The lowest BCUT2D eigenvalue weighted by Crippen LogP contribution is -2.59. The highest BCUT2D eigenvalue weighted by molar-refractivity contribution is 5.81. The van der Waals surface area contributed by atoms with E-state index in [2.05, 4.69) is 5.32 Å². The predicted molar refractivity (Wildman–Crippen MR) is 100 cm³/mol. The maximum Gasteiger partial charge on any atom is 0.410 e. The van der Waals surface area contributed by atoms with Gasteiger partial charge in [0, 0.05) is 13.1 Å². The van der Waals surface area contributed by atoms with Crippen molar-refractivity contribution in [2.45, 2.75) is 70.6 Å². The number of hydrogen-bond acceptors (Lipinski definition) is 5. The molecule has 5 aliphatic rings. The molecule has 3 amide bonds. The minimum Gasteiger partial charge on any atom is -0.447 e. The molecule has 5 fully saturated rings. The Kier molecular flexibility index (Phi) is 4.91. The Morgan fingerprint density at radius 2 is 1.82 bits per heavy atom. The second-order valence-corrected chi connectivity index (χ2v) is 9.49. The fourth-order valence-corrected chi connectivity index (χ4v) is 6.12. The number of amides is 3. The van der Waals surface area contributed by atoms with Crippen LogP contribution in [-0.4, -0.2) is 54.3 Å². The molecular formula is C20H31N3O5. The van der Waals surface area contributed by atoms with E-state index in [1.54, 1.807) is 18.7 Å². The van der Waals surface area contributed by atoms with Crippen molar-refractivity contribution < 1.29 is 23.9 Å². The zero-order chi connectivity index (χ0) is 20.1. The van der Waals surface area contributed by atoms with Crippen molar-refractivity contribution in [3.8, 4) is 0 Å². The van der Waals surface area contributed by atoms with Crippen molar-refractivity contribution in [3.05, 3.63) is 0 Å². The first-order valence-electron chi connectivity index (χ1n) is 10.5. The van der Waals surface area contributed by atoms with Gasteiger partial charge in [0.05, 0.1) is 17.6 Å². The van der Waals surface area contributed by atoms with Gasteiger partial charge in [-0.05, 0) is 70.1 Å². The molecule has 0 aromatic rings. The minimum atomic E-state index is -0.451. The molecule has 1 aliphatic heterocycles. The number of likely N-dealkylation sites (tertiary alicyclic amines) is 1. The Labute approximate surface area is 165 Å². The topological polar surface area (TPSA) is 111 Å². The third kappa shape index (κ3) is 3.53. The number of nitrogens with zero attached hydrogens (tertiary/aromatic N) is 1. The highest BCUT2D eigenvalue weighted by Gasteiger charge is 2.59. The summed E-state index contributed by atoms with van der Waals surface area (Å²) in [5.74, 6) is 0.825. The minimum absolute atomic E-state index is 0.115. The standard InChI is InChI=1S/C20H31N3O5/c1-11(2)27-18(25)22-15-3-4-23(10-15)19(26)28-16-13-5-12-6-14(16)9-20(7-12,8-13)17(21)24/h11-16H,3-10H2,1-2H3,(H2,21,24)(H,22,25). The molecule has 4 saturated carbocycles. The number of ether oxygens (including phenoxy) is 2. The van der Waals surface area contributed by atoms with Gasteiger partial charge >= 0.3 is 12.2 Å². The normalized spacial score (nSPS) is 38.5. The van der Waals surface area contributed by atoms with Crippen molar-refractivity contribution in [1.82, 2.24) is 10.2 Å². The molecule has 8 nitrogen and oxygen atoms in total. The summed E-state index contributed by atoms with van der Waals surface area (Å²) < 4.78 is 11.0.